The zero-order chi connectivity index (χ0) is 15.6. The van der Waals surface area contributed by atoms with Crippen molar-refractivity contribution in [2.45, 2.75) is 12.5 Å². The number of thiazole rings is 1. The van der Waals surface area contributed by atoms with E-state index in [1.54, 1.807) is 5.38 Å². The number of carboxylic acid groups (broad SMARTS) is 1. The molecule has 1 amide bonds. The first kappa shape index (κ1) is 16.0. The van der Waals surface area contributed by atoms with Gasteiger partial charge in [0.2, 0.25) is 15.9 Å². The first-order valence-electron chi connectivity index (χ1n) is 5.78. The predicted octanol–water partition coefficient (Wildman–Crippen LogP) is 0.0432. The molecule has 1 aromatic rings. The highest BCUT2D eigenvalue weighted by Crippen LogP contribution is 2.23. The van der Waals surface area contributed by atoms with Crippen molar-refractivity contribution in [3.63, 3.8) is 0 Å². The second-order valence-electron chi connectivity index (χ2n) is 4.41. The van der Waals surface area contributed by atoms with Crippen LogP contribution < -0.4 is 4.72 Å². The maximum atomic E-state index is 12.1. The molecule has 11 heteroatoms. The van der Waals surface area contributed by atoms with E-state index in [-0.39, 0.29) is 17.5 Å². The third-order valence-electron chi connectivity index (χ3n) is 2.64. The van der Waals surface area contributed by atoms with Crippen molar-refractivity contribution >= 4 is 50.1 Å². The van der Waals surface area contributed by atoms with Crippen LogP contribution in [0.3, 0.4) is 0 Å². The van der Waals surface area contributed by atoms with E-state index in [2.05, 4.69) is 9.71 Å². The average molecular weight is 351 g/mol. The maximum Gasteiger partial charge on any atom is 0.327 e. The number of sulfonamides is 1. The number of aliphatic carboxylic acids is 1. The number of anilines is 1. The third kappa shape index (κ3) is 4.32. The number of thioether (sulfide) groups is 1. The summed E-state index contributed by atoms with van der Waals surface area (Å²) in [7, 11) is -3.41. The second kappa shape index (κ2) is 6.20. The minimum Gasteiger partial charge on any atom is -0.480 e. The van der Waals surface area contributed by atoms with Gasteiger partial charge in [-0.05, 0) is 0 Å². The minimum absolute atomic E-state index is 0.0493. The maximum absolute atomic E-state index is 12.1. The Morgan fingerprint density at radius 3 is 2.90 bits per heavy atom. The molecule has 8 nitrogen and oxygen atoms in total. The van der Waals surface area contributed by atoms with Crippen LogP contribution in [0.4, 0.5) is 5.13 Å². The van der Waals surface area contributed by atoms with Crippen LogP contribution >= 0.6 is 23.1 Å². The quantitative estimate of drug-likeness (QED) is 0.769. The fourth-order valence-electron chi connectivity index (χ4n) is 1.74. The van der Waals surface area contributed by atoms with Gasteiger partial charge in [0, 0.05) is 11.1 Å². The Hall–Kier alpha value is -1.33. The van der Waals surface area contributed by atoms with E-state index >= 15 is 0 Å². The number of nitrogens with one attached hydrogen (secondary N) is 1. The number of rotatable bonds is 5. The van der Waals surface area contributed by atoms with Crippen molar-refractivity contribution in [3.05, 3.63) is 11.1 Å². The molecule has 1 unspecified atom stereocenters. The standard InChI is InChI=1S/C10H13N3O5S3/c1-21(17,18)12-10-11-6(3-20-10)2-8(14)13-5-19-4-7(13)9(15)16/h3,7H,2,4-5H2,1H3,(H,11,12)(H,15,16). The lowest BCUT2D eigenvalue weighted by Crippen LogP contribution is -2.42. The van der Waals surface area contributed by atoms with Crippen molar-refractivity contribution in [3.8, 4) is 0 Å². The summed E-state index contributed by atoms with van der Waals surface area (Å²) < 4.78 is 24.4. The topological polar surface area (TPSA) is 117 Å². The molecule has 1 aromatic heterocycles. The summed E-state index contributed by atoms with van der Waals surface area (Å²) in [5.74, 6) is -0.636. The lowest BCUT2D eigenvalue weighted by molar-refractivity contribution is -0.147. The van der Waals surface area contributed by atoms with E-state index < -0.39 is 22.0 Å². The van der Waals surface area contributed by atoms with E-state index in [0.29, 0.717) is 17.3 Å². The van der Waals surface area contributed by atoms with Crippen LogP contribution in [0.1, 0.15) is 5.69 Å². The molecule has 2 N–H and O–H groups in total. The van der Waals surface area contributed by atoms with Crippen LogP contribution in [0.15, 0.2) is 5.38 Å². The van der Waals surface area contributed by atoms with Gasteiger partial charge in [0.25, 0.3) is 0 Å². The highest BCUT2D eigenvalue weighted by atomic mass is 32.2. The predicted molar refractivity (Wildman–Crippen MR) is 79.9 cm³/mol. The van der Waals surface area contributed by atoms with E-state index in [9.17, 15) is 18.0 Å². The van der Waals surface area contributed by atoms with E-state index in [1.165, 1.54) is 16.7 Å². The highest BCUT2D eigenvalue weighted by Gasteiger charge is 2.34. The fraction of sp³-hybridized carbons (Fsp3) is 0.500. The number of carboxylic acids is 1. The Morgan fingerprint density at radius 2 is 2.29 bits per heavy atom. The number of amides is 1. The fourth-order valence-corrected chi connectivity index (χ4v) is 4.48. The number of aromatic nitrogens is 1. The van der Waals surface area contributed by atoms with Gasteiger partial charge in [-0.25, -0.2) is 18.2 Å². The molecular formula is C10H13N3O5S3. The Kier molecular flexibility index (Phi) is 4.74. The molecule has 0 aliphatic carbocycles. The molecule has 0 bridgehead atoms. The van der Waals surface area contributed by atoms with Gasteiger partial charge >= 0.3 is 5.97 Å². The van der Waals surface area contributed by atoms with Crippen LogP contribution in [-0.4, -0.2) is 59.2 Å². The number of hydrogen-bond donors (Lipinski definition) is 2. The molecular weight excluding hydrogens is 338 g/mol. The Bertz CT molecular complexity index is 657. The molecule has 2 heterocycles. The van der Waals surface area contributed by atoms with Crippen molar-refractivity contribution < 1.29 is 23.1 Å². The molecule has 0 saturated carbocycles. The summed E-state index contributed by atoms with van der Waals surface area (Å²) in [5, 5.41) is 10.8. The summed E-state index contributed by atoms with van der Waals surface area (Å²) >= 11 is 2.46. The van der Waals surface area contributed by atoms with Gasteiger partial charge in [-0.3, -0.25) is 9.52 Å². The zero-order valence-corrected chi connectivity index (χ0v) is 13.4. The van der Waals surface area contributed by atoms with Crippen LogP contribution in [0, 0.1) is 0 Å². The van der Waals surface area contributed by atoms with Gasteiger partial charge in [0.1, 0.15) is 6.04 Å². The molecule has 1 aliphatic heterocycles. The number of carbonyl (C=O) groups is 2. The molecule has 1 saturated heterocycles. The van der Waals surface area contributed by atoms with E-state index in [1.807, 2.05) is 0 Å². The van der Waals surface area contributed by atoms with Gasteiger partial charge in [0.15, 0.2) is 5.13 Å². The number of nitrogens with zero attached hydrogens (tertiary/aromatic N) is 2. The lowest BCUT2D eigenvalue weighted by Gasteiger charge is -2.19. The first-order chi connectivity index (χ1) is 9.76. The summed E-state index contributed by atoms with van der Waals surface area (Å²) in [4.78, 5) is 28.4. The molecule has 1 fully saturated rings. The third-order valence-corrected chi connectivity index (χ3v) is 5.16. The number of hydrogen-bond acceptors (Lipinski definition) is 7. The summed E-state index contributed by atoms with van der Waals surface area (Å²) in [6.45, 7) is 0. The molecule has 116 valence electrons. The monoisotopic (exact) mass is 351 g/mol. The molecule has 0 radical (unpaired) electrons. The van der Waals surface area contributed by atoms with Gasteiger partial charge in [-0.2, -0.15) is 0 Å². The van der Waals surface area contributed by atoms with Gasteiger partial charge in [-0.1, -0.05) is 0 Å². The molecule has 1 atom stereocenters. The first-order valence-corrected chi connectivity index (χ1v) is 9.71. The second-order valence-corrected chi connectivity index (χ2v) is 8.02. The smallest absolute Gasteiger partial charge is 0.327 e. The molecule has 2 rings (SSSR count). The summed E-state index contributed by atoms with van der Waals surface area (Å²) in [6, 6.07) is -0.810. The van der Waals surface area contributed by atoms with E-state index in [4.69, 9.17) is 5.11 Å². The van der Waals surface area contributed by atoms with Crippen LogP contribution in [-0.2, 0) is 26.0 Å². The van der Waals surface area contributed by atoms with Crippen molar-refractivity contribution in [1.29, 1.82) is 0 Å². The van der Waals surface area contributed by atoms with Gasteiger partial charge in [-0.15, -0.1) is 23.1 Å². The van der Waals surface area contributed by atoms with Crippen LogP contribution in [0.5, 0.6) is 0 Å². The summed E-state index contributed by atoms with van der Waals surface area (Å²) in [6.07, 6.45) is 0.963. The Morgan fingerprint density at radius 1 is 1.57 bits per heavy atom. The Labute approximate surface area is 129 Å². The normalized spacial score (nSPS) is 18.7. The van der Waals surface area contributed by atoms with Crippen molar-refractivity contribution in [1.82, 2.24) is 9.88 Å². The number of carbonyl (C=O) groups excluding carboxylic acids is 1. The van der Waals surface area contributed by atoms with Crippen LogP contribution in [0.2, 0.25) is 0 Å². The molecule has 0 spiro atoms. The van der Waals surface area contributed by atoms with Gasteiger partial charge < -0.3 is 10.0 Å². The largest absolute Gasteiger partial charge is 0.480 e. The molecule has 21 heavy (non-hydrogen) atoms. The highest BCUT2D eigenvalue weighted by molar-refractivity contribution is 7.99. The van der Waals surface area contributed by atoms with Gasteiger partial charge in [0.05, 0.1) is 24.2 Å². The molecule has 0 aromatic carbocycles. The van der Waals surface area contributed by atoms with Crippen molar-refractivity contribution in [2.75, 3.05) is 22.6 Å². The average Bonchev–Trinajstić information content (AvgIpc) is 2.95. The Balaban J connectivity index is 2.01. The SMILES string of the molecule is CS(=O)(=O)Nc1nc(CC(=O)N2CSCC2C(=O)O)cs1. The van der Waals surface area contributed by atoms with E-state index in [0.717, 1.165) is 17.6 Å². The van der Waals surface area contributed by atoms with Crippen molar-refractivity contribution in [2.24, 2.45) is 0 Å². The minimum atomic E-state index is -3.41. The summed E-state index contributed by atoms with van der Waals surface area (Å²) in [5.41, 5.74) is 0.414. The molecule has 1 aliphatic rings. The lowest BCUT2D eigenvalue weighted by atomic mass is 10.2. The van der Waals surface area contributed by atoms with Crippen LogP contribution in [0.25, 0.3) is 0 Å². The zero-order valence-electron chi connectivity index (χ0n) is 11.0.